The van der Waals surface area contributed by atoms with Crippen LogP contribution >= 0.6 is 23.2 Å². The van der Waals surface area contributed by atoms with E-state index in [-0.39, 0.29) is 11.6 Å². The predicted molar refractivity (Wildman–Crippen MR) is 90.8 cm³/mol. The van der Waals surface area contributed by atoms with Crippen LogP contribution in [0, 0.1) is 0 Å². The number of para-hydroxylation sites is 1. The number of hydrogen-bond donors (Lipinski definition) is 1. The molecule has 4 heteroatoms. The molecule has 114 valence electrons. The molecule has 2 aliphatic rings. The highest BCUT2D eigenvalue weighted by Gasteiger charge is 2.42. The Kier molecular flexibility index (Phi) is 3.37. The lowest BCUT2D eigenvalue weighted by atomic mass is 9.99. The first-order valence-electron chi connectivity index (χ1n) is 7.58. The lowest BCUT2D eigenvalue weighted by Gasteiger charge is -2.17. The largest absolute Gasteiger partial charge is 0.489 e. The number of rotatable bonds is 3. The average Bonchev–Trinajstić information content (AvgIpc) is 3.05. The molecule has 1 saturated carbocycles. The fourth-order valence-corrected chi connectivity index (χ4v) is 3.82. The topological polar surface area (TPSA) is 35.2 Å². The summed E-state index contributed by atoms with van der Waals surface area (Å²) in [5.74, 6) is 0.909. The quantitative estimate of drug-likeness (QED) is 0.871. The van der Waals surface area contributed by atoms with Gasteiger partial charge in [0.1, 0.15) is 11.9 Å². The van der Waals surface area contributed by atoms with Gasteiger partial charge in [-0.25, -0.2) is 0 Å². The molecular formula is C18H17Cl2NO. The van der Waals surface area contributed by atoms with Crippen molar-refractivity contribution in [2.24, 2.45) is 5.73 Å². The van der Waals surface area contributed by atoms with Gasteiger partial charge in [0.15, 0.2) is 0 Å². The van der Waals surface area contributed by atoms with Gasteiger partial charge in [-0.3, -0.25) is 0 Å². The van der Waals surface area contributed by atoms with Gasteiger partial charge in [0.05, 0.1) is 10.0 Å². The zero-order valence-corrected chi connectivity index (χ0v) is 13.6. The molecular weight excluding hydrogens is 317 g/mol. The summed E-state index contributed by atoms with van der Waals surface area (Å²) in [6.07, 6.45) is 4.19. The molecule has 2 N–H and O–H groups in total. The molecule has 1 aliphatic heterocycles. The molecule has 2 nitrogen and oxygen atoms in total. The first kappa shape index (κ1) is 14.4. The van der Waals surface area contributed by atoms with Gasteiger partial charge < -0.3 is 10.5 Å². The monoisotopic (exact) mass is 333 g/mol. The van der Waals surface area contributed by atoms with E-state index in [0.29, 0.717) is 10.0 Å². The zero-order chi connectivity index (χ0) is 15.3. The van der Waals surface area contributed by atoms with Gasteiger partial charge in [0, 0.05) is 29.5 Å². The molecule has 1 heterocycles. The van der Waals surface area contributed by atoms with Gasteiger partial charge in [-0.1, -0.05) is 47.5 Å². The van der Waals surface area contributed by atoms with Crippen LogP contribution in [0.25, 0.3) is 11.1 Å². The van der Waals surface area contributed by atoms with Crippen LogP contribution in [-0.4, -0.2) is 11.6 Å². The maximum Gasteiger partial charge on any atom is 0.130 e. The predicted octanol–water partition coefficient (Wildman–Crippen LogP) is 4.85. The summed E-state index contributed by atoms with van der Waals surface area (Å²) in [4.78, 5) is 0. The minimum absolute atomic E-state index is 0.00505. The van der Waals surface area contributed by atoms with E-state index in [1.54, 1.807) is 0 Å². The van der Waals surface area contributed by atoms with Crippen molar-refractivity contribution in [3.05, 3.63) is 52.0 Å². The van der Waals surface area contributed by atoms with Crippen LogP contribution in [0.3, 0.4) is 0 Å². The molecule has 2 aromatic carbocycles. The van der Waals surface area contributed by atoms with E-state index in [4.69, 9.17) is 33.7 Å². The molecule has 0 amide bonds. The van der Waals surface area contributed by atoms with Crippen molar-refractivity contribution in [2.75, 3.05) is 0 Å². The Balaban J connectivity index is 1.71. The van der Waals surface area contributed by atoms with E-state index in [1.807, 2.05) is 30.3 Å². The van der Waals surface area contributed by atoms with Gasteiger partial charge in [-0.2, -0.15) is 0 Å². The summed E-state index contributed by atoms with van der Waals surface area (Å²) in [5.41, 5.74) is 9.26. The van der Waals surface area contributed by atoms with Gasteiger partial charge in [0.2, 0.25) is 0 Å². The molecule has 1 fully saturated rings. The zero-order valence-electron chi connectivity index (χ0n) is 12.1. The van der Waals surface area contributed by atoms with Crippen molar-refractivity contribution in [1.29, 1.82) is 0 Å². The summed E-state index contributed by atoms with van der Waals surface area (Å²) >= 11 is 12.7. The molecule has 1 aliphatic carbocycles. The third-order valence-corrected chi connectivity index (χ3v) is 5.22. The standard InChI is InChI=1S/C18H17Cl2NO/c19-14-5-2-6-15(20)16(14)13-4-1-3-11-9-12(22-17(11)13)10-18(21)7-8-18/h1-6,12H,7-10,21H2. The molecule has 0 radical (unpaired) electrons. The molecule has 4 rings (SSSR count). The second-order valence-electron chi connectivity index (χ2n) is 6.40. The number of ether oxygens (including phenoxy) is 1. The summed E-state index contributed by atoms with van der Waals surface area (Å²) in [5, 5.41) is 1.29. The Bertz CT molecular complexity index is 720. The first-order chi connectivity index (χ1) is 10.6. The minimum atomic E-state index is -0.00505. The third kappa shape index (κ3) is 2.50. The Morgan fingerprint density at radius 1 is 1.09 bits per heavy atom. The Morgan fingerprint density at radius 3 is 2.45 bits per heavy atom. The van der Waals surface area contributed by atoms with E-state index in [0.717, 1.165) is 42.6 Å². The first-order valence-corrected chi connectivity index (χ1v) is 8.33. The van der Waals surface area contributed by atoms with Crippen LogP contribution in [0.4, 0.5) is 0 Å². The van der Waals surface area contributed by atoms with Crippen molar-refractivity contribution in [2.45, 2.75) is 37.3 Å². The van der Waals surface area contributed by atoms with Gasteiger partial charge >= 0.3 is 0 Å². The lowest BCUT2D eigenvalue weighted by Crippen LogP contribution is -2.30. The molecule has 0 bridgehead atoms. The Hall–Kier alpha value is -1.22. The second kappa shape index (κ2) is 5.16. The second-order valence-corrected chi connectivity index (χ2v) is 7.22. The lowest BCUT2D eigenvalue weighted by molar-refractivity contribution is 0.207. The third-order valence-electron chi connectivity index (χ3n) is 4.59. The van der Waals surface area contributed by atoms with Crippen LogP contribution in [-0.2, 0) is 6.42 Å². The minimum Gasteiger partial charge on any atom is -0.489 e. The van der Waals surface area contributed by atoms with E-state index >= 15 is 0 Å². The van der Waals surface area contributed by atoms with Crippen molar-refractivity contribution in [3.63, 3.8) is 0 Å². The van der Waals surface area contributed by atoms with Gasteiger partial charge in [-0.05, 0) is 30.5 Å². The summed E-state index contributed by atoms with van der Waals surface area (Å²) in [6, 6.07) is 11.7. The summed E-state index contributed by atoms with van der Waals surface area (Å²) in [6.45, 7) is 0. The van der Waals surface area contributed by atoms with Crippen molar-refractivity contribution >= 4 is 23.2 Å². The highest BCUT2D eigenvalue weighted by atomic mass is 35.5. The van der Waals surface area contributed by atoms with E-state index < -0.39 is 0 Å². The number of benzene rings is 2. The maximum atomic E-state index is 6.36. The molecule has 0 saturated heterocycles. The van der Waals surface area contributed by atoms with Crippen LogP contribution in [0.2, 0.25) is 10.0 Å². The average molecular weight is 334 g/mol. The molecule has 0 aromatic heterocycles. The molecule has 1 unspecified atom stereocenters. The molecule has 2 aromatic rings. The van der Waals surface area contributed by atoms with E-state index in [2.05, 4.69) is 6.07 Å². The highest BCUT2D eigenvalue weighted by molar-refractivity contribution is 6.39. The van der Waals surface area contributed by atoms with E-state index in [1.165, 1.54) is 5.56 Å². The highest BCUT2D eigenvalue weighted by Crippen LogP contribution is 2.46. The van der Waals surface area contributed by atoms with Crippen LogP contribution < -0.4 is 10.5 Å². The Morgan fingerprint density at radius 2 is 1.77 bits per heavy atom. The SMILES string of the molecule is NC1(CC2Cc3cccc(-c4c(Cl)cccc4Cl)c3O2)CC1. The van der Waals surface area contributed by atoms with Crippen molar-refractivity contribution in [3.8, 4) is 16.9 Å². The summed E-state index contributed by atoms with van der Waals surface area (Å²) < 4.78 is 6.22. The van der Waals surface area contributed by atoms with Crippen LogP contribution in [0.1, 0.15) is 24.8 Å². The summed E-state index contributed by atoms with van der Waals surface area (Å²) in [7, 11) is 0. The molecule has 0 spiro atoms. The maximum absolute atomic E-state index is 6.36. The van der Waals surface area contributed by atoms with Crippen molar-refractivity contribution < 1.29 is 4.74 Å². The number of halogens is 2. The van der Waals surface area contributed by atoms with Crippen LogP contribution in [0.5, 0.6) is 5.75 Å². The van der Waals surface area contributed by atoms with Gasteiger partial charge in [0.25, 0.3) is 0 Å². The van der Waals surface area contributed by atoms with Crippen molar-refractivity contribution in [1.82, 2.24) is 0 Å². The number of fused-ring (bicyclic) bond motifs is 1. The molecule has 22 heavy (non-hydrogen) atoms. The normalized spacial score (nSPS) is 21.3. The fraction of sp³-hybridized carbons (Fsp3) is 0.333. The molecule has 1 atom stereocenters. The smallest absolute Gasteiger partial charge is 0.130 e. The van der Waals surface area contributed by atoms with E-state index in [9.17, 15) is 0 Å². The number of nitrogens with two attached hydrogens (primary N) is 1. The van der Waals surface area contributed by atoms with Crippen LogP contribution in [0.15, 0.2) is 36.4 Å². The number of hydrogen-bond acceptors (Lipinski definition) is 2. The van der Waals surface area contributed by atoms with Gasteiger partial charge in [-0.15, -0.1) is 0 Å². The Labute approximate surface area is 140 Å². The fourth-order valence-electron chi connectivity index (χ4n) is 3.22.